The van der Waals surface area contributed by atoms with Gasteiger partial charge in [0.1, 0.15) is 0 Å². The lowest BCUT2D eigenvalue weighted by Gasteiger charge is -2.35. The first-order valence-electron chi connectivity index (χ1n) is 6.94. The molecule has 1 aliphatic rings. The van der Waals surface area contributed by atoms with E-state index in [-0.39, 0.29) is 0 Å². The van der Waals surface area contributed by atoms with Gasteiger partial charge >= 0.3 is 0 Å². The third-order valence-electron chi connectivity index (χ3n) is 3.44. The van der Waals surface area contributed by atoms with Crippen LogP contribution < -0.4 is 10.2 Å². The summed E-state index contributed by atoms with van der Waals surface area (Å²) in [6, 6.07) is 7.22. The van der Waals surface area contributed by atoms with Gasteiger partial charge in [-0.2, -0.15) is 0 Å². The molecule has 0 amide bonds. The molecule has 19 heavy (non-hydrogen) atoms. The number of anilines is 1. The molecule has 0 spiro atoms. The van der Waals surface area contributed by atoms with E-state index in [0.717, 1.165) is 36.9 Å². The van der Waals surface area contributed by atoms with Crippen LogP contribution in [0, 0.1) is 0 Å². The van der Waals surface area contributed by atoms with Crippen LogP contribution in [0.15, 0.2) is 18.2 Å². The molecule has 1 aromatic carbocycles. The number of hydrogen-bond donors (Lipinski definition) is 1. The molecule has 1 atom stereocenters. The maximum absolute atomic E-state index is 6.38. The SMILES string of the molecule is CC(C)NCc1ccc(N2CCOCC2C)cc1Cl. The number of rotatable bonds is 4. The van der Waals surface area contributed by atoms with Crippen LogP contribution in [0.3, 0.4) is 0 Å². The van der Waals surface area contributed by atoms with Crippen molar-refractivity contribution >= 4 is 17.3 Å². The maximum atomic E-state index is 6.38. The minimum Gasteiger partial charge on any atom is -0.377 e. The van der Waals surface area contributed by atoms with Crippen molar-refractivity contribution in [1.29, 1.82) is 0 Å². The van der Waals surface area contributed by atoms with Gasteiger partial charge < -0.3 is 15.0 Å². The predicted octanol–water partition coefficient (Wildman–Crippen LogP) is 3.06. The largest absolute Gasteiger partial charge is 0.377 e. The van der Waals surface area contributed by atoms with Gasteiger partial charge in [-0.15, -0.1) is 0 Å². The van der Waals surface area contributed by atoms with Crippen LogP contribution in [-0.4, -0.2) is 31.8 Å². The summed E-state index contributed by atoms with van der Waals surface area (Å²) in [6.07, 6.45) is 0. The zero-order valence-corrected chi connectivity index (χ0v) is 12.7. The van der Waals surface area contributed by atoms with Gasteiger partial charge in [-0.3, -0.25) is 0 Å². The number of nitrogens with one attached hydrogen (secondary N) is 1. The van der Waals surface area contributed by atoms with Crippen molar-refractivity contribution < 1.29 is 4.74 Å². The van der Waals surface area contributed by atoms with E-state index in [1.807, 2.05) is 0 Å². The lowest BCUT2D eigenvalue weighted by atomic mass is 10.1. The first-order valence-corrected chi connectivity index (χ1v) is 7.32. The molecule has 106 valence electrons. The zero-order valence-electron chi connectivity index (χ0n) is 11.9. The van der Waals surface area contributed by atoms with Crippen LogP contribution in [0.5, 0.6) is 0 Å². The van der Waals surface area contributed by atoms with Crippen LogP contribution in [-0.2, 0) is 11.3 Å². The van der Waals surface area contributed by atoms with Crippen molar-refractivity contribution in [2.45, 2.75) is 39.4 Å². The van der Waals surface area contributed by atoms with Gasteiger partial charge in [0.25, 0.3) is 0 Å². The molecule has 1 heterocycles. The summed E-state index contributed by atoms with van der Waals surface area (Å²) in [5.74, 6) is 0. The monoisotopic (exact) mass is 282 g/mol. The summed E-state index contributed by atoms with van der Waals surface area (Å²) in [5, 5.41) is 4.23. The van der Waals surface area contributed by atoms with Crippen molar-refractivity contribution in [3.05, 3.63) is 28.8 Å². The third-order valence-corrected chi connectivity index (χ3v) is 3.79. The topological polar surface area (TPSA) is 24.5 Å². The molecule has 3 nitrogen and oxygen atoms in total. The second-order valence-electron chi connectivity index (χ2n) is 5.43. The molecule has 1 N–H and O–H groups in total. The minimum absolute atomic E-state index is 0.407. The van der Waals surface area contributed by atoms with E-state index < -0.39 is 0 Å². The fourth-order valence-electron chi connectivity index (χ4n) is 2.28. The zero-order chi connectivity index (χ0) is 13.8. The Hall–Kier alpha value is -0.770. The lowest BCUT2D eigenvalue weighted by molar-refractivity contribution is 0.0989. The molecule has 1 saturated heterocycles. The van der Waals surface area contributed by atoms with Crippen LogP contribution in [0.25, 0.3) is 0 Å². The molecule has 1 fully saturated rings. The van der Waals surface area contributed by atoms with Gasteiger partial charge in [-0.25, -0.2) is 0 Å². The molecule has 0 aromatic heterocycles. The Morgan fingerprint density at radius 3 is 2.89 bits per heavy atom. The summed E-state index contributed by atoms with van der Waals surface area (Å²) in [7, 11) is 0. The number of hydrogen-bond acceptors (Lipinski definition) is 3. The Balaban J connectivity index is 2.09. The molecular formula is C15H23ClN2O. The molecule has 2 rings (SSSR count). The lowest BCUT2D eigenvalue weighted by Crippen LogP contribution is -2.43. The second kappa shape index (κ2) is 6.60. The Morgan fingerprint density at radius 1 is 1.47 bits per heavy atom. The summed E-state index contributed by atoms with van der Waals surface area (Å²) in [5.41, 5.74) is 2.34. The average Bonchev–Trinajstić information content (AvgIpc) is 2.37. The quantitative estimate of drug-likeness (QED) is 0.919. The van der Waals surface area contributed by atoms with E-state index in [4.69, 9.17) is 16.3 Å². The summed E-state index contributed by atoms with van der Waals surface area (Å²) < 4.78 is 5.47. The standard InChI is InChI=1S/C15H23ClN2O/c1-11(2)17-9-13-4-5-14(8-15(13)16)18-6-7-19-10-12(18)3/h4-5,8,11-12,17H,6-7,9-10H2,1-3H3. The maximum Gasteiger partial charge on any atom is 0.0668 e. The molecule has 4 heteroatoms. The van der Waals surface area contributed by atoms with E-state index >= 15 is 0 Å². The van der Waals surface area contributed by atoms with Gasteiger partial charge in [-0.1, -0.05) is 31.5 Å². The molecular weight excluding hydrogens is 260 g/mol. The molecule has 0 bridgehead atoms. The number of nitrogens with zero attached hydrogens (tertiary/aromatic N) is 1. The molecule has 1 aliphatic heterocycles. The normalized spacial score (nSPS) is 20.1. The first-order chi connectivity index (χ1) is 9.08. The predicted molar refractivity (Wildman–Crippen MR) is 81.1 cm³/mol. The highest BCUT2D eigenvalue weighted by atomic mass is 35.5. The van der Waals surface area contributed by atoms with Crippen LogP contribution >= 0.6 is 11.6 Å². The van der Waals surface area contributed by atoms with Crippen LogP contribution in [0.1, 0.15) is 26.3 Å². The third kappa shape index (κ3) is 3.85. The first kappa shape index (κ1) is 14.6. The Morgan fingerprint density at radius 2 is 2.26 bits per heavy atom. The van der Waals surface area contributed by atoms with Gasteiger partial charge in [0.05, 0.1) is 13.2 Å². The van der Waals surface area contributed by atoms with E-state index in [9.17, 15) is 0 Å². The highest BCUT2D eigenvalue weighted by Crippen LogP contribution is 2.26. The molecule has 1 aromatic rings. The van der Waals surface area contributed by atoms with E-state index in [1.165, 1.54) is 5.69 Å². The van der Waals surface area contributed by atoms with Crippen molar-refractivity contribution in [2.75, 3.05) is 24.7 Å². The van der Waals surface area contributed by atoms with Crippen LogP contribution in [0.4, 0.5) is 5.69 Å². The minimum atomic E-state index is 0.407. The Labute approximate surface area is 120 Å². The molecule has 0 radical (unpaired) electrons. The van der Waals surface area contributed by atoms with Gasteiger partial charge in [0.2, 0.25) is 0 Å². The number of halogens is 1. The van der Waals surface area contributed by atoms with Crippen molar-refractivity contribution in [3.63, 3.8) is 0 Å². The van der Waals surface area contributed by atoms with E-state index in [2.05, 4.69) is 49.2 Å². The van der Waals surface area contributed by atoms with Gasteiger partial charge in [-0.05, 0) is 24.6 Å². The highest BCUT2D eigenvalue weighted by molar-refractivity contribution is 6.31. The summed E-state index contributed by atoms with van der Waals surface area (Å²) in [4.78, 5) is 2.36. The Bertz CT molecular complexity index is 423. The molecule has 0 saturated carbocycles. The fraction of sp³-hybridized carbons (Fsp3) is 0.600. The highest BCUT2D eigenvalue weighted by Gasteiger charge is 2.19. The van der Waals surface area contributed by atoms with Gasteiger partial charge in [0.15, 0.2) is 0 Å². The number of ether oxygens (including phenoxy) is 1. The number of benzene rings is 1. The fourth-order valence-corrected chi connectivity index (χ4v) is 2.52. The van der Waals surface area contributed by atoms with E-state index in [0.29, 0.717) is 12.1 Å². The van der Waals surface area contributed by atoms with E-state index in [1.54, 1.807) is 0 Å². The van der Waals surface area contributed by atoms with Gasteiger partial charge in [0, 0.05) is 35.9 Å². The second-order valence-corrected chi connectivity index (χ2v) is 5.84. The molecule has 1 unspecified atom stereocenters. The average molecular weight is 283 g/mol. The van der Waals surface area contributed by atoms with Crippen LogP contribution in [0.2, 0.25) is 5.02 Å². The number of morpholine rings is 1. The molecule has 0 aliphatic carbocycles. The summed E-state index contributed by atoms with van der Waals surface area (Å²) in [6.45, 7) is 9.78. The van der Waals surface area contributed by atoms with Crippen molar-refractivity contribution in [3.8, 4) is 0 Å². The Kier molecular flexibility index (Phi) is 5.08. The van der Waals surface area contributed by atoms with Crippen molar-refractivity contribution in [1.82, 2.24) is 5.32 Å². The smallest absolute Gasteiger partial charge is 0.0668 e. The van der Waals surface area contributed by atoms with Crippen molar-refractivity contribution in [2.24, 2.45) is 0 Å². The summed E-state index contributed by atoms with van der Waals surface area (Å²) >= 11 is 6.38.